The predicted molar refractivity (Wildman–Crippen MR) is 276 cm³/mol. The Morgan fingerprint density at radius 3 is 0.955 bits per heavy atom. The quantitative estimate of drug-likeness (QED) is 0.147. The highest BCUT2D eigenvalue weighted by Gasteiger charge is 2.29. The second-order valence-electron chi connectivity index (χ2n) is 21.3. The number of ether oxygens (including phenoxy) is 3. The lowest BCUT2D eigenvalue weighted by Gasteiger charge is -2.21. The van der Waals surface area contributed by atoms with Crippen molar-refractivity contribution in [1.29, 1.82) is 0 Å². The maximum atomic E-state index is 7.02. The van der Waals surface area contributed by atoms with Crippen LogP contribution in [0.5, 0.6) is 28.7 Å². The third-order valence-electron chi connectivity index (χ3n) is 12.0. The molecule has 0 aliphatic carbocycles. The maximum absolute atomic E-state index is 7.02. The van der Waals surface area contributed by atoms with Crippen molar-refractivity contribution >= 4 is 60.4 Å². The highest BCUT2D eigenvalue weighted by atomic mass is 31.1. The van der Waals surface area contributed by atoms with Crippen molar-refractivity contribution in [2.75, 3.05) is 21.3 Å². The zero-order valence-electron chi connectivity index (χ0n) is 41.8. The highest BCUT2D eigenvalue weighted by molar-refractivity contribution is 7.32. The van der Waals surface area contributed by atoms with Gasteiger partial charge in [-0.15, -0.1) is 0 Å². The van der Waals surface area contributed by atoms with E-state index in [4.69, 9.17) is 40.0 Å². The summed E-state index contributed by atoms with van der Waals surface area (Å²) in [6.45, 7) is 28.2. The Kier molecular flexibility index (Phi) is 12.5. The number of methoxy groups -OCH3 is 3. The van der Waals surface area contributed by atoms with Crippen molar-refractivity contribution in [3.05, 3.63) is 125 Å². The van der Waals surface area contributed by atoms with E-state index >= 15 is 0 Å². The summed E-state index contributed by atoms with van der Waals surface area (Å²) in [5.74, 6) is 3.26. The Morgan fingerprint density at radius 1 is 0.373 bits per heavy atom. The Morgan fingerprint density at radius 2 is 0.657 bits per heavy atom. The molecule has 1 atom stereocenters. The Balaban J connectivity index is 1.36. The van der Waals surface area contributed by atoms with E-state index in [9.17, 15) is 0 Å². The summed E-state index contributed by atoms with van der Waals surface area (Å²) >= 11 is 0. The molecule has 8 aromatic rings. The molecular weight excluding hydrogens is 879 g/mol. The van der Waals surface area contributed by atoms with E-state index in [-0.39, 0.29) is 21.7 Å². The summed E-state index contributed by atoms with van der Waals surface area (Å²) < 4.78 is 59.8. The van der Waals surface area contributed by atoms with Gasteiger partial charge >= 0.3 is 16.5 Å². The topological polar surface area (TPSA) is 98.7 Å². The van der Waals surface area contributed by atoms with E-state index in [2.05, 4.69) is 108 Å². The average Bonchev–Trinajstić information content (AvgIpc) is 3.51. The van der Waals surface area contributed by atoms with Crippen LogP contribution in [0.25, 0.3) is 55.0 Å². The van der Waals surface area contributed by atoms with Crippen molar-refractivity contribution in [1.82, 2.24) is 0 Å². The number of hydrogen-bond donors (Lipinski definition) is 0. The molecule has 0 bridgehead atoms. The van der Waals surface area contributed by atoms with Crippen LogP contribution in [-0.2, 0) is 21.7 Å². The summed E-state index contributed by atoms with van der Waals surface area (Å²) in [6, 6.07) is 32.3. The Bertz CT molecular complexity index is 3180. The van der Waals surface area contributed by atoms with Crippen LogP contribution in [0.4, 0.5) is 0 Å². The van der Waals surface area contributed by atoms with Gasteiger partial charge in [-0.25, -0.2) is 0 Å². The second kappa shape index (κ2) is 17.6. The minimum Gasteiger partial charge on any atom is -0.497 e. The SMILES string of the molecule is COc1cc(C(C)(C)C)c2op(Oc3ccccc3-c3ccccc3Op3oc4c(C(C)(C)C)cc(OC)cc4c4cc(OC)cc(C(C)(C)C)c4o3)oc3c(C(C)(C)C)cc(C)cc3c2c1. The van der Waals surface area contributed by atoms with Gasteiger partial charge in [0.15, 0.2) is 0 Å². The third-order valence-corrected chi connectivity index (χ3v) is 14.0. The van der Waals surface area contributed by atoms with Gasteiger partial charge in [0.25, 0.3) is 0 Å². The van der Waals surface area contributed by atoms with Crippen LogP contribution in [-0.4, -0.2) is 21.3 Å². The second-order valence-corrected chi connectivity index (χ2v) is 23.3. The molecule has 1 unspecified atom stereocenters. The third kappa shape index (κ3) is 9.51. The van der Waals surface area contributed by atoms with Gasteiger partial charge in [-0.3, -0.25) is 0 Å². The van der Waals surface area contributed by atoms with Crippen LogP contribution in [0, 0.1) is 6.92 Å². The van der Waals surface area contributed by atoms with Gasteiger partial charge in [0.1, 0.15) is 51.1 Å². The number of benzene rings is 6. The van der Waals surface area contributed by atoms with Crippen LogP contribution >= 0.6 is 16.5 Å². The summed E-state index contributed by atoms with van der Waals surface area (Å²) in [5, 5.41) is 3.48. The van der Waals surface area contributed by atoms with Gasteiger partial charge in [0, 0.05) is 54.9 Å². The molecule has 0 amide bonds. The van der Waals surface area contributed by atoms with Crippen molar-refractivity contribution in [2.45, 2.75) is 112 Å². The molecule has 2 heterocycles. The molecule has 8 rings (SSSR count). The Labute approximate surface area is 396 Å². The maximum Gasteiger partial charge on any atom is 0.453 e. The lowest BCUT2D eigenvalue weighted by molar-refractivity contribution is 0.413. The van der Waals surface area contributed by atoms with Gasteiger partial charge in [0.05, 0.1) is 21.3 Å². The minimum atomic E-state index is -2.11. The van der Waals surface area contributed by atoms with Crippen molar-refractivity contribution < 1.29 is 40.0 Å². The monoisotopic (exact) mass is 942 g/mol. The van der Waals surface area contributed by atoms with E-state index < -0.39 is 16.5 Å². The first-order valence-electron chi connectivity index (χ1n) is 22.7. The molecule has 0 fully saturated rings. The first-order valence-corrected chi connectivity index (χ1v) is 24.9. The molecule has 0 saturated carbocycles. The zero-order chi connectivity index (χ0) is 48.4. The van der Waals surface area contributed by atoms with Crippen LogP contribution in [0.3, 0.4) is 0 Å². The van der Waals surface area contributed by atoms with E-state index in [1.165, 1.54) is 0 Å². The van der Waals surface area contributed by atoms with Crippen molar-refractivity contribution in [2.24, 2.45) is 0 Å². The standard InChI is InChI=1S/C56H64O9P2/c1-33-25-39-40-27-34(57-14)30-44(54(5,6)7)50(40)63-66(62-49(39)43(26-33)53(2,3)4)60-47-23-19-17-21-37(47)38-22-18-20-24-48(38)61-67-64-51-41(28-35(58-15)31-45(51)55(8,9)10)42-29-36(59-16)32-46(52(42)65-67)56(11,12)13/h17-32H,1-16H3. The Hall–Kier alpha value is -5.88. The number of para-hydroxylation sites is 2. The molecule has 6 aromatic carbocycles. The average molecular weight is 943 g/mol. The fraction of sp³-hybridized carbons (Fsp3) is 0.357. The molecule has 0 radical (unpaired) electrons. The normalized spacial score (nSPS) is 12.7. The first kappa shape index (κ1) is 47.6. The minimum absolute atomic E-state index is 0.258. The van der Waals surface area contributed by atoms with Crippen molar-refractivity contribution in [3.8, 4) is 39.9 Å². The molecule has 11 heteroatoms. The molecule has 0 saturated heterocycles. The van der Waals surface area contributed by atoms with E-state index in [0.717, 1.165) is 71.8 Å². The lowest BCUT2D eigenvalue weighted by Crippen LogP contribution is -2.12. The van der Waals surface area contributed by atoms with E-state index in [0.29, 0.717) is 39.7 Å². The van der Waals surface area contributed by atoms with Crippen LogP contribution in [0.15, 0.2) is 114 Å². The van der Waals surface area contributed by atoms with Gasteiger partial charge < -0.3 is 40.0 Å². The highest BCUT2D eigenvalue weighted by Crippen LogP contribution is 2.50. The lowest BCUT2D eigenvalue weighted by atomic mass is 9.83. The molecule has 2 aromatic heterocycles. The van der Waals surface area contributed by atoms with E-state index in [1.807, 2.05) is 78.9 Å². The number of rotatable bonds is 8. The van der Waals surface area contributed by atoms with E-state index in [1.54, 1.807) is 21.3 Å². The summed E-state index contributed by atoms with van der Waals surface area (Å²) in [6.07, 6.45) is 0. The predicted octanol–water partition coefficient (Wildman–Crippen LogP) is 17.8. The fourth-order valence-electron chi connectivity index (χ4n) is 8.46. The summed E-state index contributed by atoms with van der Waals surface area (Å²) in [4.78, 5) is 0. The smallest absolute Gasteiger partial charge is 0.453 e. The number of fused-ring (bicyclic) bond motifs is 6. The molecule has 0 aliphatic heterocycles. The molecule has 0 aliphatic rings. The van der Waals surface area contributed by atoms with Crippen LogP contribution < -0.4 is 23.3 Å². The molecule has 0 N–H and O–H groups in total. The van der Waals surface area contributed by atoms with Gasteiger partial charge in [-0.1, -0.05) is 126 Å². The van der Waals surface area contributed by atoms with Crippen molar-refractivity contribution in [3.63, 3.8) is 0 Å². The summed E-state index contributed by atoms with van der Waals surface area (Å²) in [5.41, 5.74) is 8.12. The molecule has 67 heavy (non-hydrogen) atoms. The number of aryl methyl sites for hydroxylation is 1. The molecular formula is C56H64O9P2. The van der Waals surface area contributed by atoms with Crippen LogP contribution in [0.2, 0.25) is 0 Å². The van der Waals surface area contributed by atoms with Gasteiger partial charge in [-0.05, 0) is 88.7 Å². The van der Waals surface area contributed by atoms with Crippen LogP contribution in [0.1, 0.15) is 111 Å². The fourth-order valence-corrected chi connectivity index (χ4v) is 10.7. The van der Waals surface area contributed by atoms with Gasteiger partial charge in [-0.2, -0.15) is 0 Å². The van der Waals surface area contributed by atoms with Gasteiger partial charge in [0.2, 0.25) is 0 Å². The first-order chi connectivity index (χ1) is 31.5. The number of hydrogen-bond acceptors (Lipinski definition) is 9. The molecule has 352 valence electrons. The summed E-state index contributed by atoms with van der Waals surface area (Å²) in [7, 11) is 0.871. The largest absolute Gasteiger partial charge is 0.497 e. The molecule has 9 nitrogen and oxygen atoms in total. The molecule has 0 spiro atoms. The zero-order valence-corrected chi connectivity index (χ0v) is 43.6.